The van der Waals surface area contributed by atoms with Gasteiger partial charge in [-0.05, 0) is 18.4 Å². The van der Waals surface area contributed by atoms with Crippen LogP contribution < -0.4 is 10.6 Å². The second-order valence-corrected chi connectivity index (χ2v) is 4.00. The first-order valence-corrected chi connectivity index (χ1v) is 5.54. The van der Waals surface area contributed by atoms with E-state index in [1.54, 1.807) is 11.4 Å². The summed E-state index contributed by atoms with van der Waals surface area (Å²) in [6, 6.07) is 0. The van der Waals surface area contributed by atoms with Crippen LogP contribution in [0, 0.1) is 5.92 Å². The van der Waals surface area contributed by atoms with Crippen molar-refractivity contribution in [3.63, 3.8) is 0 Å². The van der Waals surface area contributed by atoms with Crippen LogP contribution in [-0.2, 0) is 9.59 Å². The maximum Gasteiger partial charge on any atom is 0.471 e. The summed E-state index contributed by atoms with van der Waals surface area (Å²) in [5.74, 6) is -2.01. The zero-order valence-corrected chi connectivity index (χ0v) is 10.3. The van der Waals surface area contributed by atoms with Gasteiger partial charge in [-0.2, -0.15) is 13.2 Å². The molecule has 0 aliphatic rings. The van der Waals surface area contributed by atoms with Crippen LogP contribution in [0.4, 0.5) is 13.2 Å². The quantitative estimate of drug-likeness (QED) is 0.563. The fourth-order valence-corrected chi connectivity index (χ4v) is 0.941. The molecule has 4 nitrogen and oxygen atoms in total. The van der Waals surface area contributed by atoms with Gasteiger partial charge in [0.15, 0.2) is 0 Å². The lowest BCUT2D eigenvalue weighted by Gasteiger charge is -2.07. The molecule has 2 amide bonds. The Kier molecular flexibility index (Phi) is 7.07. The number of carbonyl (C=O) groups is 2. The van der Waals surface area contributed by atoms with Crippen molar-refractivity contribution in [1.82, 2.24) is 10.6 Å². The maximum absolute atomic E-state index is 11.8. The summed E-state index contributed by atoms with van der Waals surface area (Å²) < 4.78 is 35.3. The van der Waals surface area contributed by atoms with E-state index in [0.717, 1.165) is 0 Å². The third-order valence-electron chi connectivity index (χ3n) is 1.83. The van der Waals surface area contributed by atoms with Crippen molar-refractivity contribution in [2.24, 2.45) is 5.92 Å². The van der Waals surface area contributed by atoms with Crippen LogP contribution in [0.1, 0.15) is 20.3 Å². The third kappa shape index (κ3) is 8.60. The number of alkyl halides is 3. The SMILES string of the molecule is CC(C)/C=C/C(=O)NCCCNC(=O)C(F)(F)F. The standard InChI is InChI=1S/C11H17F3N2O2/c1-8(2)4-5-9(17)15-6-3-7-16-10(18)11(12,13)14/h4-5,8H,3,6-7H2,1-2H3,(H,15,17)(H,16,18)/b5-4+. The Morgan fingerprint density at radius 3 is 2.22 bits per heavy atom. The summed E-state index contributed by atoms with van der Waals surface area (Å²) in [5, 5.41) is 4.21. The molecule has 0 aromatic rings. The number of nitrogens with one attached hydrogen (secondary N) is 2. The van der Waals surface area contributed by atoms with Crippen molar-refractivity contribution in [3.05, 3.63) is 12.2 Å². The molecule has 0 radical (unpaired) electrons. The van der Waals surface area contributed by atoms with Gasteiger partial charge < -0.3 is 10.6 Å². The predicted molar refractivity (Wildman–Crippen MR) is 60.7 cm³/mol. The molecule has 0 aromatic carbocycles. The summed E-state index contributed by atoms with van der Waals surface area (Å²) in [6.07, 6.45) is -1.54. The number of hydrogen-bond donors (Lipinski definition) is 2. The second-order valence-electron chi connectivity index (χ2n) is 4.00. The van der Waals surface area contributed by atoms with Gasteiger partial charge in [0.1, 0.15) is 0 Å². The van der Waals surface area contributed by atoms with E-state index < -0.39 is 12.1 Å². The molecule has 18 heavy (non-hydrogen) atoms. The Balaban J connectivity index is 3.64. The van der Waals surface area contributed by atoms with E-state index in [4.69, 9.17) is 0 Å². The first kappa shape index (κ1) is 16.5. The summed E-state index contributed by atoms with van der Waals surface area (Å²) >= 11 is 0. The molecular weight excluding hydrogens is 249 g/mol. The molecule has 7 heteroatoms. The summed E-state index contributed by atoms with van der Waals surface area (Å²) in [6.45, 7) is 3.90. The number of rotatable bonds is 6. The fourth-order valence-electron chi connectivity index (χ4n) is 0.941. The molecule has 0 heterocycles. The van der Waals surface area contributed by atoms with Crippen LogP contribution in [0.25, 0.3) is 0 Å². The number of hydrogen-bond acceptors (Lipinski definition) is 2. The van der Waals surface area contributed by atoms with E-state index in [1.165, 1.54) is 6.08 Å². The minimum Gasteiger partial charge on any atom is -0.352 e. The lowest BCUT2D eigenvalue weighted by molar-refractivity contribution is -0.173. The van der Waals surface area contributed by atoms with Gasteiger partial charge in [0.2, 0.25) is 5.91 Å². The predicted octanol–water partition coefficient (Wildman–Crippen LogP) is 1.38. The highest BCUT2D eigenvalue weighted by molar-refractivity contribution is 5.87. The fraction of sp³-hybridized carbons (Fsp3) is 0.636. The van der Waals surface area contributed by atoms with Gasteiger partial charge in [-0.3, -0.25) is 9.59 Å². The number of amides is 2. The van der Waals surface area contributed by atoms with Crippen LogP contribution in [0.5, 0.6) is 0 Å². The smallest absolute Gasteiger partial charge is 0.352 e. The molecule has 0 rings (SSSR count). The van der Waals surface area contributed by atoms with E-state index in [-0.39, 0.29) is 31.3 Å². The van der Waals surface area contributed by atoms with E-state index >= 15 is 0 Å². The monoisotopic (exact) mass is 266 g/mol. The van der Waals surface area contributed by atoms with Crippen LogP contribution >= 0.6 is 0 Å². The molecule has 2 N–H and O–H groups in total. The van der Waals surface area contributed by atoms with Gasteiger partial charge in [0, 0.05) is 13.1 Å². The van der Waals surface area contributed by atoms with Crippen molar-refractivity contribution >= 4 is 11.8 Å². The molecule has 0 aromatic heterocycles. The van der Waals surface area contributed by atoms with Gasteiger partial charge in [-0.25, -0.2) is 0 Å². The lowest BCUT2D eigenvalue weighted by Crippen LogP contribution is -2.38. The zero-order valence-electron chi connectivity index (χ0n) is 10.3. The van der Waals surface area contributed by atoms with Gasteiger partial charge in [0.05, 0.1) is 0 Å². The molecule has 0 saturated carbocycles. The van der Waals surface area contributed by atoms with Gasteiger partial charge >= 0.3 is 12.1 Å². The minimum absolute atomic E-state index is 0.132. The van der Waals surface area contributed by atoms with Crippen molar-refractivity contribution < 1.29 is 22.8 Å². The summed E-state index contributed by atoms with van der Waals surface area (Å²) in [5.41, 5.74) is 0. The first-order chi connectivity index (χ1) is 8.23. The Morgan fingerprint density at radius 2 is 1.72 bits per heavy atom. The molecule has 0 aliphatic heterocycles. The highest BCUT2D eigenvalue weighted by Crippen LogP contribution is 2.13. The molecule has 0 saturated heterocycles. The molecule has 0 atom stereocenters. The van der Waals surface area contributed by atoms with Crippen LogP contribution in [0.3, 0.4) is 0 Å². The van der Waals surface area contributed by atoms with Gasteiger partial charge in [-0.1, -0.05) is 19.9 Å². The highest BCUT2D eigenvalue weighted by Gasteiger charge is 2.38. The van der Waals surface area contributed by atoms with E-state index in [1.807, 2.05) is 13.8 Å². The summed E-state index contributed by atoms with van der Waals surface area (Å²) in [4.78, 5) is 21.5. The highest BCUT2D eigenvalue weighted by atomic mass is 19.4. The molecule has 0 unspecified atom stereocenters. The topological polar surface area (TPSA) is 58.2 Å². The Labute approximate surface area is 104 Å². The first-order valence-electron chi connectivity index (χ1n) is 5.54. The van der Waals surface area contributed by atoms with Gasteiger partial charge in [0.25, 0.3) is 0 Å². The molecule has 0 bridgehead atoms. The summed E-state index contributed by atoms with van der Waals surface area (Å²) in [7, 11) is 0. The van der Waals surface area contributed by atoms with E-state index in [0.29, 0.717) is 0 Å². The normalized spacial score (nSPS) is 11.9. The Morgan fingerprint density at radius 1 is 1.17 bits per heavy atom. The number of carbonyl (C=O) groups excluding carboxylic acids is 2. The van der Waals surface area contributed by atoms with E-state index in [9.17, 15) is 22.8 Å². The second kappa shape index (κ2) is 7.73. The van der Waals surface area contributed by atoms with Crippen LogP contribution in [0.2, 0.25) is 0 Å². The number of halogens is 3. The maximum atomic E-state index is 11.8. The Bertz CT molecular complexity index is 312. The zero-order chi connectivity index (χ0) is 14.2. The van der Waals surface area contributed by atoms with Crippen molar-refractivity contribution in [2.45, 2.75) is 26.4 Å². The van der Waals surface area contributed by atoms with Crippen LogP contribution in [-0.4, -0.2) is 31.1 Å². The molecule has 0 fully saturated rings. The average molecular weight is 266 g/mol. The van der Waals surface area contributed by atoms with Crippen molar-refractivity contribution in [2.75, 3.05) is 13.1 Å². The largest absolute Gasteiger partial charge is 0.471 e. The van der Waals surface area contributed by atoms with Gasteiger partial charge in [-0.15, -0.1) is 0 Å². The molecule has 104 valence electrons. The lowest BCUT2D eigenvalue weighted by atomic mass is 10.2. The third-order valence-corrected chi connectivity index (χ3v) is 1.83. The molecular formula is C11H17F3N2O2. The minimum atomic E-state index is -4.86. The molecule has 0 aliphatic carbocycles. The van der Waals surface area contributed by atoms with Crippen molar-refractivity contribution in [1.29, 1.82) is 0 Å². The Hall–Kier alpha value is -1.53. The number of allylic oxidation sites excluding steroid dienone is 1. The van der Waals surface area contributed by atoms with Crippen molar-refractivity contribution in [3.8, 4) is 0 Å². The molecule has 0 spiro atoms. The average Bonchev–Trinajstić information content (AvgIpc) is 2.24. The van der Waals surface area contributed by atoms with Crippen LogP contribution in [0.15, 0.2) is 12.2 Å². The van der Waals surface area contributed by atoms with E-state index in [2.05, 4.69) is 5.32 Å².